The molecule has 0 aliphatic carbocycles. The Morgan fingerprint density at radius 1 is 1.06 bits per heavy atom. The first kappa shape index (κ1) is 23.3. The Hall–Kier alpha value is -3.39. The molecule has 32 heavy (non-hydrogen) atoms. The van der Waals surface area contributed by atoms with Crippen molar-refractivity contribution in [2.24, 2.45) is 0 Å². The van der Waals surface area contributed by atoms with Gasteiger partial charge in [0.2, 0.25) is 0 Å². The van der Waals surface area contributed by atoms with Gasteiger partial charge in [-0.1, -0.05) is 48.0 Å². The van der Waals surface area contributed by atoms with Gasteiger partial charge in [0.1, 0.15) is 11.4 Å². The van der Waals surface area contributed by atoms with Gasteiger partial charge in [-0.25, -0.2) is 18.2 Å². The number of anilines is 2. The van der Waals surface area contributed by atoms with Gasteiger partial charge in [-0.05, 0) is 50.5 Å². The molecule has 0 unspecified atom stereocenters. The van der Waals surface area contributed by atoms with Crippen molar-refractivity contribution in [1.29, 1.82) is 0 Å². The number of rotatable bonds is 8. The van der Waals surface area contributed by atoms with E-state index in [2.05, 4.69) is 9.71 Å². The average molecular weight is 454 g/mol. The third kappa shape index (κ3) is 5.08. The number of sulfonamides is 1. The highest BCUT2D eigenvalue weighted by Gasteiger charge is 2.23. The Kier molecular flexibility index (Phi) is 6.84. The highest BCUT2D eigenvalue weighted by molar-refractivity contribution is 7.92. The molecule has 0 radical (unpaired) electrons. The molecule has 0 fully saturated rings. The highest BCUT2D eigenvalue weighted by Crippen LogP contribution is 2.27. The maximum atomic E-state index is 13.1. The Morgan fingerprint density at radius 3 is 2.25 bits per heavy atom. The maximum Gasteiger partial charge on any atom is 0.339 e. The Bertz CT molecular complexity index is 1220. The summed E-state index contributed by atoms with van der Waals surface area (Å²) in [5.74, 6) is -0.891. The van der Waals surface area contributed by atoms with Gasteiger partial charge in [0.15, 0.2) is 0 Å². The van der Waals surface area contributed by atoms with Crippen LogP contribution in [0.2, 0.25) is 0 Å². The first-order valence-electron chi connectivity index (χ1n) is 10.2. The minimum Gasteiger partial charge on any atom is -0.478 e. The van der Waals surface area contributed by atoms with E-state index in [-0.39, 0.29) is 22.0 Å². The summed E-state index contributed by atoms with van der Waals surface area (Å²) in [7, 11) is -3.92. The third-order valence-corrected chi connectivity index (χ3v) is 6.81. The van der Waals surface area contributed by atoms with Crippen molar-refractivity contribution in [1.82, 2.24) is 4.98 Å². The van der Waals surface area contributed by atoms with Crippen molar-refractivity contribution in [3.05, 3.63) is 82.5 Å². The van der Waals surface area contributed by atoms with E-state index in [4.69, 9.17) is 0 Å². The molecule has 3 aromatic rings. The summed E-state index contributed by atoms with van der Waals surface area (Å²) in [6, 6.07) is 14.6. The summed E-state index contributed by atoms with van der Waals surface area (Å²) >= 11 is 0. The maximum absolute atomic E-state index is 13.1. The van der Waals surface area contributed by atoms with Crippen LogP contribution in [0.3, 0.4) is 0 Å². The number of carboxylic acid groups (broad SMARTS) is 1. The van der Waals surface area contributed by atoms with Crippen LogP contribution >= 0.6 is 0 Å². The van der Waals surface area contributed by atoms with E-state index >= 15 is 0 Å². The minimum atomic E-state index is -3.92. The summed E-state index contributed by atoms with van der Waals surface area (Å²) in [6.45, 7) is 8.31. The fraction of sp³-hybridized carbons (Fsp3) is 0.250. The summed E-state index contributed by atoms with van der Waals surface area (Å²) in [5, 5.41) is 9.79. The summed E-state index contributed by atoms with van der Waals surface area (Å²) in [4.78, 5) is 18.3. The van der Waals surface area contributed by atoms with Crippen LogP contribution in [0.1, 0.15) is 39.5 Å². The van der Waals surface area contributed by atoms with E-state index in [1.807, 2.05) is 49.1 Å². The molecule has 0 spiro atoms. The SMILES string of the molecule is CCN(Cc1ccccc1)c1ncc(NS(=O)(=O)c2c(C)cc(C)cc2C)cc1C(=O)O. The fourth-order valence-electron chi connectivity index (χ4n) is 3.86. The van der Waals surface area contributed by atoms with Gasteiger partial charge in [0.05, 0.1) is 16.8 Å². The molecule has 0 amide bonds. The predicted molar refractivity (Wildman–Crippen MR) is 126 cm³/mol. The fourth-order valence-corrected chi connectivity index (χ4v) is 5.35. The second kappa shape index (κ2) is 9.40. The van der Waals surface area contributed by atoms with Gasteiger partial charge < -0.3 is 10.0 Å². The Morgan fingerprint density at radius 2 is 1.69 bits per heavy atom. The van der Waals surface area contributed by atoms with E-state index in [9.17, 15) is 18.3 Å². The van der Waals surface area contributed by atoms with E-state index < -0.39 is 16.0 Å². The third-order valence-electron chi connectivity index (χ3n) is 5.12. The summed E-state index contributed by atoms with van der Waals surface area (Å²) < 4.78 is 28.6. The van der Waals surface area contributed by atoms with E-state index in [1.165, 1.54) is 12.3 Å². The van der Waals surface area contributed by atoms with E-state index in [1.54, 1.807) is 26.0 Å². The molecule has 0 saturated heterocycles. The lowest BCUT2D eigenvalue weighted by atomic mass is 10.1. The zero-order valence-corrected chi connectivity index (χ0v) is 19.4. The standard InChI is InChI=1S/C24H27N3O4S/c1-5-27(15-19-9-7-6-8-10-19)23-21(24(28)29)13-20(14-25-23)26-32(30,31)22-17(3)11-16(2)12-18(22)4/h6-14,26H,5,15H2,1-4H3,(H,28,29). The number of nitrogens with zero attached hydrogens (tertiary/aromatic N) is 2. The number of carboxylic acids is 1. The van der Waals surface area contributed by atoms with Crippen LogP contribution in [0, 0.1) is 20.8 Å². The monoisotopic (exact) mass is 453 g/mol. The number of hydrogen-bond donors (Lipinski definition) is 2. The molecule has 2 aromatic carbocycles. The first-order chi connectivity index (χ1) is 15.1. The van der Waals surface area contributed by atoms with Crippen molar-refractivity contribution in [2.45, 2.75) is 39.1 Å². The number of aromatic carboxylic acids is 1. The van der Waals surface area contributed by atoms with Crippen LogP contribution < -0.4 is 9.62 Å². The number of pyridine rings is 1. The van der Waals surface area contributed by atoms with Crippen molar-refractivity contribution < 1.29 is 18.3 Å². The van der Waals surface area contributed by atoms with Crippen LogP contribution in [0.4, 0.5) is 11.5 Å². The van der Waals surface area contributed by atoms with Gasteiger partial charge in [-0.15, -0.1) is 0 Å². The molecule has 3 rings (SSSR count). The topological polar surface area (TPSA) is 99.6 Å². The second-order valence-corrected chi connectivity index (χ2v) is 9.35. The average Bonchev–Trinajstić information content (AvgIpc) is 2.71. The molecule has 1 aromatic heterocycles. The Labute approximate surface area is 188 Å². The number of benzene rings is 2. The minimum absolute atomic E-state index is 0.0691. The molecule has 0 aliphatic heterocycles. The number of hydrogen-bond acceptors (Lipinski definition) is 5. The largest absolute Gasteiger partial charge is 0.478 e. The smallest absolute Gasteiger partial charge is 0.339 e. The number of nitrogens with one attached hydrogen (secondary N) is 1. The quantitative estimate of drug-likeness (QED) is 0.520. The molecule has 0 bridgehead atoms. The van der Waals surface area contributed by atoms with Crippen molar-refractivity contribution in [3.8, 4) is 0 Å². The van der Waals surface area contributed by atoms with Gasteiger partial charge >= 0.3 is 5.97 Å². The molecular weight excluding hydrogens is 426 g/mol. The predicted octanol–water partition coefficient (Wildman–Crippen LogP) is 4.53. The summed E-state index contributed by atoms with van der Waals surface area (Å²) in [5.41, 5.74) is 3.26. The molecule has 7 nitrogen and oxygen atoms in total. The molecule has 168 valence electrons. The molecule has 0 aliphatic rings. The van der Waals surface area contributed by atoms with Gasteiger partial charge in [0.25, 0.3) is 10.0 Å². The van der Waals surface area contributed by atoms with Crippen molar-refractivity contribution >= 4 is 27.5 Å². The lowest BCUT2D eigenvalue weighted by Crippen LogP contribution is -2.26. The lowest BCUT2D eigenvalue weighted by Gasteiger charge is -2.24. The molecule has 0 atom stereocenters. The van der Waals surface area contributed by atoms with Gasteiger partial charge in [-0.3, -0.25) is 4.72 Å². The van der Waals surface area contributed by atoms with Crippen LogP contribution in [-0.2, 0) is 16.6 Å². The van der Waals surface area contributed by atoms with Gasteiger partial charge in [0, 0.05) is 13.1 Å². The van der Waals surface area contributed by atoms with Crippen molar-refractivity contribution in [3.63, 3.8) is 0 Å². The van der Waals surface area contributed by atoms with Crippen LogP contribution in [0.15, 0.2) is 59.6 Å². The van der Waals surface area contributed by atoms with Crippen LogP contribution in [-0.4, -0.2) is 31.0 Å². The van der Waals surface area contributed by atoms with Crippen LogP contribution in [0.5, 0.6) is 0 Å². The molecule has 1 heterocycles. The summed E-state index contributed by atoms with van der Waals surface area (Å²) in [6.07, 6.45) is 1.35. The van der Waals surface area contributed by atoms with E-state index in [0.717, 1.165) is 11.1 Å². The first-order valence-corrected chi connectivity index (χ1v) is 11.7. The molecule has 0 saturated carbocycles. The number of aromatic nitrogens is 1. The molecule has 8 heteroatoms. The molecular formula is C24H27N3O4S. The number of aryl methyl sites for hydroxylation is 3. The van der Waals surface area contributed by atoms with Crippen LogP contribution in [0.25, 0.3) is 0 Å². The second-order valence-electron chi connectivity index (χ2n) is 7.73. The van der Waals surface area contributed by atoms with Crippen molar-refractivity contribution in [2.75, 3.05) is 16.2 Å². The zero-order valence-electron chi connectivity index (χ0n) is 18.6. The van der Waals surface area contributed by atoms with E-state index in [0.29, 0.717) is 24.2 Å². The lowest BCUT2D eigenvalue weighted by molar-refractivity contribution is 0.0697. The molecule has 2 N–H and O–H groups in total. The Balaban J connectivity index is 1.96. The number of carbonyl (C=O) groups is 1. The van der Waals surface area contributed by atoms with Gasteiger partial charge in [-0.2, -0.15) is 0 Å². The highest BCUT2D eigenvalue weighted by atomic mass is 32.2. The normalized spacial score (nSPS) is 11.2. The zero-order chi connectivity index (χ0) is 23.5.